The van der Waals surface area contributed by atoms with Crippen LogP contribution in [0.2, 0.25) is 5.02 Å². The van der Waals surface area contributed by atoms with Crippen LogP contribution in [0, 0.1) is 0 Å². The summed E-state index contributed by atoms with van der Waals surface area (Å²) in [5.74, 6) is 0.828. The smallest absolute Gasteiger partial charge is 0.219 e. The van der Waals surface area contributed by atoms with E-state index in [9.17, 15) is 9.90 Å². The first-order chi connectivity index (χ1) is 11.5. The molecule has 1 aliphatic heterocycles. The number of hydrogen-bond donors (Lipinski definition) is 1. The number of benzene rings is 1. The van der Waals surface area contributed by atoms with Gasteiger partial charge in [0.25, 0.3) is 0 Å². The summed E-state index contributed by atoms with van der Waals surface area (Å²) in [6.07, 6.45) is 2.10. The molecule has 1 amide bonds. The van der Waals surface area contributed by atoms with E-state index in [1.165, 1.54) is 0 Å². The molecule has 1 aromatic rings. The zero-order chi connectivity index (χ0) is 17.1. The minimum Gasteiger partial charge on any atom is -0.488 e. The molecule has 6 heteroatoms. The van der Waals surface area contributed by atoms with E-state index < -0.39 is 6.10 Å². The second-order valence-corrected chi connectivity index (χ2v) is 7.08. The molecule has 0 aromatic heterocycles. The summed E-state index contributed by atoms with van der Waals surface area (Å²) in [6.45, 7) is 4.70. The number of rotatable bonds is 3. The van der Waals surface area contributed by atoms with Crippen molar-refractivity contribution in [1.82, 2.24) is 9.80 Å². The van der Waals surface area contributed by atoms with Crippen LogP contribution in [-0.4, -0.2) is 65.2 Å². The summed E-state index contributed by atoms with van der Waals surface area (Å²) in [5, 5.41) is 11.4. The van der Waals surface area contributed by atoms with E-state index in [4.69, 9.17) is 16.3 Å². The number of carbonyl (C=O) groups is 1. The van der Waals surface area contributed by atoms with Crippen molar-refractivity contribution in [3.8, 4) is 5.75 Å². The van der Waals surface area contributed by atoms with Gasteiger partial charge in [0.2, 0.25) is 5.91 Å². The average Bonchev–Trinajstić information content (AvgIpc) is 2.57. The number of nitrogens with zero attached hydrogens (tertiary/aromatic N) is 2. The summed E-state index contributed by atoms with van der Waals surface area (Å²) in [4.78, 5) is 15.6. The molecule has 1 saturated carbocycles. The maximum Gasteiger partial charge on any atom is 0.219 e. The third-order valence-corrected chi connectivity index (χ3v) is 5.31. The SMILES string of the molecule is CC(=O)N1CCN([C@H]2CCC[C@@H](Oc3cccc(Cl)c3)[C@@H]2O)CC1. The Labute approximate surface area is 148 Å². The normalized spacial score (nSPS) is 28.6. The van der Waals surface area contributed by atoms with Crippen LogP contribution < -0.4 is 4.74 Å². The van der Waals surface area contributed by atoms with E-state index in [1.54, 1.807) is 13.0 Å². The maximum atomic E-state index is 11.5. The first kappa shape index (κ1) is 17.5. The lowest BCUT2D eigenvalue weighted by atomic mass is 9.88. The Morgan fingerprint density at radius 2 is 2.00 bits per heavy atom. The van der Waals surface area contributed by atoms with Crippen LogP contribution >= 0.6 is 11.6 Å². The number of carbonyl (C=O) groups excluding carboxylic acids is 1. The highest BCUT2D eigenvalue weighted by Gasteiger charge is 2.38. The molecule has 132 valence electrons. The van der Waals surface area contributed by atoms with Gasteiger partial charge in [0.1, 0.15) is 18.0 Å². The lowest BCUT2D eigenvalue weighted by Gasteiger charge is -2.44. The van der Waals surface area contributed by atoms with Crippen molar-refractivity contribution < 1.29 is 14.6 Å². The molecule has 5 nitrogen and oxygen atoms in total. The van der Waals surface area contributed by atoms with Gasteiger partial charge in [-0.05, 0) is 37.5 Å². The molecule has 0 unspecified atom stereocenters. The molecule has 1 N–H and O–H groups in total. The predicted octanol–water partition coefficient (Wildman–Crippen LogP) is 2.16. The standard InChI is InChI=1S/C18H25ClN2O3/c1-13(22)20-8-10-21(11-9-20)16-6-3-7-17(18(16)23)24-15-5-2-4-14(19)12-15/h2,4-5,12,16-18,23H,3,6-11H2,1H3/t16-,17+,18+/m0/s1. The Hall–Kier alpha value is -1.30. The van der Waals surface area contributed by atoms with Gasteiger partial charge < -0.3 is 14.7 Å². The van der Waals surface area contributed by atoms with Crippen LogP contribution in [0.3, 0.4) is 0 Å². The zero-order valence-electron chi connectivity index (χ0n) is 14.0. The second kappa shape index (κ2) is 7.72. The Morgan fingerprint density at radius 1 is 1.25 bits per heavy atom. The highest BCUT2D eigenvalue weighted by atomic mass is 35.5. The van der Waals surface area contributed by atoms with E-state index in [1.807, 2.05) is 23.1 Å². The van der Waals surface area contributed by atoms with Gasteiger partial charge in [-0.15, -0.1) is 0 Å². The number of piperazine rings is 1. The minimum atomic E-state index is -0.526. The highest BCUT2D eigenvalue weighted by molar-refractivity contribution is 6.30. The number of halogens is 1. The molecule has 1 aromatic carbocycles. The van der Waals surface area contributed by atoms with Crippen molar-refractivity contribution >= 4 is 17.5 Å². The molecule has 1 aliphatic carbocycles. The molecule has 2 fully saturated rings. The van der Waals surface area contributed by atoms with Gasteiger partial charge in [0.15, 0.2) is 0 Å². The summed E-state index contributed by atoms with van der Waals surface area (Å²) in [7, 11) is 0. The molecule has 3 rings (SSSR count). The van der Waals surface area contributed by atoms with Crippen LogP contribution in [0.1, 0.15) is 26.2 Å². The van der Waals surface area contributed by atoms with E-state index in [-0.39, 0.29) is 18.1 Å². The van der Waals surface area contributed by atoms with Gasteiger partial charge in [-0.3, -0.25) is 9.69 Å². The van der Waals surface area contributed by atoms with E-state index in [2.05, 4.69) is 4.90 Å². The first-order valence-corrected chi connectivity index (χ1v) is 9.02. The van der Waals surface area contributed by atoms with Gasteiger partial charge >= 0.3 is 0 Å². The largest absolute Gasteiger partial charge is 0.488 e. The Bertz CT molecular complexity index is 575. The number of aliphatic hydroxyl groups excluding tert-OH is 1. The van der Waals surface area contributed by atoms with Crippen LogP contribution in [0.4, 0.5) is 0 Å². The summed E-state index contributed by atoms with van der Waals surface area (Å²) in [5.41, 5.74) is 0. The summed E-state index contributed by atoms with van der Waals surface area (Å²) < 4.78 is 6.00. The molecule has 0 radical (unpaired) electrons. The molecule has 0 bridgehead atoms. The van der Waals surface area contributed by atoms with E-state index in [0.29, 0.717) is 10.8 Å². The third kappa shape index (κ3) is 4.02. The van der Waals surface area contributed by atoms with Crippen LogP contribution in [0.5, 0.6) is 5.75 Å². The second-order valence-electron chi connectivity index (χ2n) is 6.64. The lowest BCUT2D eigenvalue weighted by Crippen LogP contribution is -2.58. The average molecular weight is 353 g/mol. The molecule has 1 saturated heterocycles. The fourth-order valence-electron chi connectivity index (χ4n) is 3.73. The zero-order valence-corrected chi connectivity index (χ0v) is 14.8. The quantitative estimate of drug-likeness (QED) is 0.905. The molecule has 0 spiro atoms. The van der Waals surface area contributed by atoms with Crippen molar-refractivity contribution in [2.75, 3.05) is 26.2 Å². The van der Waals surface area contributed by atoms with Crippen LogP contribution in [-0.2, 0) is 4.79 Å². The lowest BCUT2D eigenvalue weighted by molar-refractivity contribution is -0.132. The summed E-state index contributed by atoms with van der Waals surface area (Å²) >= 11 is 6.01. The Balaban J connectivity index is 1.61. The van der Waals surface area contributed by atoms with Crippen molar-refractivity contribution in [3.63, 3.8) is 0 Å². The van der Waals surface area contributed by atoms with Crippen molar-refractivity contribution in [1.29, 1.82) is 0 Å². The number of ether oxygens (including phenoxy) is 1. The van der Waals surface area contributed by atoms with Crippen molar-refractivity contribution in [3.05, 3.63) is 29.3 Å². The number of hydrogen-bond acceptors (Lipinski definition) is 4. The fraction of sp³-hybridized carbons (Fsp3) is 0.611. The Kier molecular flexibility index (Phi) is 5.64. The molecular weight excluding hydrogens is 328 g/mol. The van der Waals surface area contributed by atoms with Gasteiger partial charge in [0, 0.05) is 44.2 Å². The fourth-order valence-corrected chi connectivity index (χ4v) is 3.91. The van der Waals surface area contributed by atoms with Gasteiger partial charge in [0.05, 0.1) is 0 Å². The van der Waals surface area contributed by atoms with Gasteiger partial charge in [-0.25, -0.2) is 0 Å². The van der Waals surface area contributed by atoms with E-state index >= 15 is 0 Å². The van der Waals surface area contributed by atoms with Gasteiger partial charge in [-0.2, -0.15) is 0 Å². The van der Waals surface area contributed by atoms with Crippen LogP contribution in [0.25, 0.3) is 0 Å². The Morgan fingerprint density at radius 3 is 2.67 bits per heavy atom. The summed E-state index contributed by atoms with van der Waals surface area (Å²) in [6, 6.07) is 7.41. The van der Waals surface area contributed by atoms with E-state index in [0.717, 1.165) is 45.4 Å². The highest BCUT2D eigenvalue weighted by Crippen LogP contribution is 2.29. The number of amides is 1. The first-order valence-electron chi connectivity index (χ1n) is 8.64. The number of aliphatic hydroxyl groups is 1. The third-order valence-electron chi connectivity index (χ3n) is 5.08. The predicted molar refractivity (Wildman–Crippen MR) is 93.3 cm³/mol. The molecule has 1 heterocycles. The van der Waals surface area contributed by atoms with Crippen LogP contribution in [0.15, 0.2) is 24.3 Å². The minimum absolute atomic E-state index is 0.0945. The van der Waals surface area contributed by atoms with Crippen molar-refractivity contribution in [2.45, 2.75) is 44.4 Å². The monoisotopic (exact) mass is 352 g/mol. The molecular formula is C18H25ClN2O3. The van der Waals surface area contributed by atoms with Gasteiger partial charge in [-0.1, -0.05) is 17.7 Å². The van der Waals surface area contributed by atoms with Crippen molar-refractivity contribution in [2.24, 2.45) is 0 Å². The molecule has 24 heavy (non-hydrogen) atoms. The maximum absolute atomic E-state index is 11.5. The topological polar surface area (TPSA) is 53.0 Å². The molecule has 2 aliphatic rings. The molecule has 3 atom stereocenters.